The summed E-state index contributed by atoms with van der Waals surface area (Å²) in [6, 6.07) is 8.42. The Bertz CT molecular complexity index is 432. The highest BCUT2D eigenvalue weighted by Gasteiger charge is 2.41. The molecule has 2 aliphatic rings. The van der Waals surface area contributed by atoms with Crippen LogP contribution in [0.1, 0.15) is 30.9 Å². The van der Waals surface area contributed by atoms with E-state index < -0.39 is 0 Å². The quantitative estimate of drug-likeness (QED) is 0.831. The molecule has 1 aromatic rings. The number of benzene rings is 1. The molecule has 2 aliphatic heterocycles. The van der Waals surface area contributed by atoms with Crippen molar-refractivity contribution in [3.05, 3.63) is 34.9 Å². The van der Waals surface area contributed by atoms with Gasteiger partial charge < -0.3 is 9.64 Å². The Balaban J connectivity index is 1.88. The second-order valence-corrected chi connectivity index (χ2v) is 5.09. The number of halogens is 1. The van der Waals surface area contributed by atoms with E-state index >= 15 is 0 Å². The summed E-state index contributed by atoms with van der Waals surface area (Å²) in [7, 11) is 0. The molecule has 2 heterocycles. The van der Waals surface area contributed by atoms with Gasteiger partial charge in [0, 0.05) is 11.6 Å². The van der Waals surface area contributed by atoms with Crippen molar-refractivity contribution < 1.29 is 4.74 Å². The lowest BCUT2D eigenvalue weighted by Gasteiger charge is -2.29. The van der Waals surface area contributed by atoms with E-state index in [-0.39, 0.29) is 6.10 Å². The van der Waals surface area contributed by atoms with Crippen molar-refractivity contribution in [1.82, 2.24) is 4.90 Å². The first kappa shape index (κ1) is 10.9. The zero-order valence-electron chi connectivity index (χ0n) is 9.53. The van der Waals surface area contributed by atoms with Crippen molar-refractivity contribution in [2.45, 2.75) is 31.4 Å². The largest absolute Gasteiger partial charge is 0.455 e. The molecule has 4 heteroatoms. The van der Waals surface area contributed by atoms with E-state index in [1.165, 1.54) is 6.42 Å². The summed E-state index contributed by atoms with van der Waals surface area (Å²) < 4.78 is 5.70. The predicted molar refractivity (Wildman–Crippen MR) is 67.3 cm³/mol. The molecule has 2 saturated heterocycles. The van der Waals surface area contributed by atoms with Crippen molar-refractivity contribution in [1.29, 1.82) is 5.41 Å². The van der Waals surface area contributed by atoms with E-state index in [4.69, 9.17) is 21.7 Å². The fraction of sp³-hybridized carbons (Fsp3) is 0.462. The van der Waals surface area contributed by atoms with Gasteiger partial charge in [0.25, 0.3) is 6.02 Å². The van der Waals surface area contributed by atoms with Gasteiger partial charge in [-0.3, -0.25) is 5.41 Å². The summed E-state index contributed by atoms with van der Waals surface area (Å²) in [5.41, 5.74) is 1.12. The minimum atomic E-state index is 0.0000617. The Hall–Kier alpha value is -1.22. The maximum atomic E-state index is 7.87. The number of ether oxygens (including phenoxy) is 1. The van der Waals surface area contributed by atoms with Gasteiger partial charge in [-0.25, -0.2) is 0 Å². The summed E-state index contributed by atoms with van der Waals surface area (Å²) in [5.74, 6) is 0. The minimum Gasteiger partial charge on any atom is -0.455 e. The lowest BCUT2D eigenvalue weighted by atomic mass is 9.94. The molecule has 3 nitrogen and oxygen atoms in total. The Morgan fingerprint density at radius 2 is 2.00 bits per heavy atom. The van der Waals surface area contributed by atoms with Gasteiger partial charge in [0.2, 0.25) is 0 Å². The van der Waals surface area contributed by atoms with Crippen LogP contribution in [-0.4, -0.2) is 23.5 Å². The van der Waals surface area contributed by atoms with Crippen LogP contribution in [0.3, 0.4) is 0 Å². The van der Waals surface area contributed by atoms with Crippen molar-refractivity contribution in [2.75, 3.05) is 6.54 Å². The van der Waals surface area contributed by atoms with E-state index in [1.54, 1.807) is 0 Å². The maximum Gasteiger partial charge on any atom is 0.285 e. The van der Waals surface area contributed by atoms with Crippen LogP contribution in [0.4, 0.5) is 0 Å². The third-order valence-electron chi connectivity index (χ3n) is 3.60. The van der Waals surface area contributed by atoms with Crippen LogP contribution in [0.15, 0.2) is 24.3 Å². The van der Waals surface area contributed by atoms with Gasteiger partial charge in [-0.1, -0.05) is 23.7 Å². The number of nitrogens with zero attached hydrogens (tertiary/aromatic N) is 1. The molecule has 0 aliphatic carbocycles. The van der Waals surface area contributed by atoms with Crippen LogP contribution in [-0.2, 0) is 4.74 Å². The number of fused-ring (bicyclic) bond motifs is 1. The zero-order valence-corrected chi connectivity index (χ0v) is 10.3. The van der Waals surface area contributed by atoms with Crippen LogP contribution >= 0.6 is 11.6 Å². The molecule has 2 unspecified atom stereocenters. The van der Waals surface area contributed by atoms with E-state index in [0.717, 1.165) is 30.0 Å². The molecule has 1 aromatic carbocycles. The zero-order chi connectivity index (χ0) is 11.8. The number of piperidine rings is 1. The molecule has 0 aromatic heterocycles. The average Bonchev–Trinajstić information content (AvgIpc) is 2.69. The number of amidine groups is 1. The number of rotatable bonds is 1. The Morgan fingerprint density at radius 3 is 2.76 bits per heavy atom. The van der Waals surface area contributed by atoms with Crippen LogP contribution in [0.5, 0.6) is 0 Å². The van der Waals surface area contributed by atoms with Crippen molar-refractivity contribution >= 4 is 17.6 Å². The second-order valence-electron chi connectivity index (χ2n) is 4.65. The van der Waals surface area contributed by atoms with E-state index in [0.29, 0.717) is 12.1 Å². The van der Waals surface area contributed by atoms with E-state index in [2.05, 4.69) is 4.90 Å². The van der Waals surface area contributed by atoms with Gasteiger partial charge in [0.1, 0.15) is 6.10 Å². The molecule has 0 saturated carbocycles. The molecule has 17 heavy (non-hydrogen) atoms. The lowest BCUT2D eigenvalue weighted by molar-refractivity contribution is 0.167. The molecule has 2 atom stereocenters. The fourth-order valence-corrected chi connectivity index (χ4v) is 2.86. The number of hydrogen-bond acceptors (Lipinski definition) is 2. The maximum absolute atomic E-state index is 7.87. The average molecular weight is 251 g/mol. The molecule has 0 radical (unpaired) electrons. The Kier molecular flexibility index (Phi) is 2.71. The summed E-state index contributed by atoms with van der Waals surface area (Å²) in [4.78, 5) is 2.09. The van der Waals surface area contributed by atoms with Crippen LogP contribution in [0, 0.1) is 5.41 Å². The minimum absolute atomic E-state index is 0.0000617. The summed E-state index contributed by atoms with van der Waals surface area (Å²) in [6.07, 6.45) is 3.49. The highest BCUT2D eigenvalue weighted by Crippen LogP contribution is 2.37. The summed E-state index contributed by atoms with van der Waals surface area (Å²) in [6.45, 7) is 0.952. The monoisotopic (exact) mass is 250 g/mol. The van der Waals surface area contributed by atoms with Gasteiger partial charge in [-0.15, -0.1) is 0 Å². The summed E-state index contributed by atoms with van der Waals surface area (Å²) >= 11 is 5.89. The first-order valence-electron chi connectivity index (χ1n) is 6.03. The molecular weight excluding hydrogens is 236 g/mol. The molecule has 2 fully saturated rings. The van der Waals surface area contributed by atoms with Crippen LogP contribution < -0.4 is 0 Å². The lowest BCUT2D eigenvalue weighted by Crippen LogP contribution is -2.38. The van der Waals surface area contributed by atoms with Crippen molar-refractivity contribution in [2.24, 2.45) is 0 Å². The van der Waals surface area contributed by atoms with Gasteiger partial charge in [-0.2, -0.15) is 0 Å². The highest BCUT2D eigenvalue weighted by atomic mass is 35.5. The third kappa shape index (κ3) is 1.89. The molecule has 0 spiro atoms. The second kappa shape index (κ2) is 4.22. The van der Waals surface area contributed by atoms with E-state index in [9.17, 15) is 0 Å². The molecule has 0 amide bonds. The van der Waals surface area contributed by atoms with Gasteiger partial charge in [0.15, 0.2) is 0 Å². The Morgan fingerprint density at radius 1 is 1.24 bits per heavy atom. The fourth-order valence-electron chi connectivity index (χ4n) is 2.73. The molecular formula is C13H15ClN2O. The normalized spacial score (nSPS) is 27.8. The van der Waals surface area contributed by atoms with Crippen molar-refractivity contribution in [3.63, 3.8) is 0 Å². The van der Waals surface area contributed by atoms with Crippen molar-refractivity contribution in [3.8, 4) is 0 Å². The topological polar surface area (TPSA) is 36.3 Å². The predicted octanol–water partition coefficient (Wildman–Crippen LogP) is 3.20. The van der Waals surface area contributed by atoms with Gasteiger partial charge in [0.05, 0.1) is 6.04 Å². The standard InChI is InChI=1S/C13H15ClN2O/c14-10-6-4-9(5-7-10)12-11-3-1-2-8-16(11)13(15)17-12/h4-7,11-12,15H,1-3,8H2. The first-order chi connectivity index (χ1) is 8.25. The third-order valence-corrected chi connectivity index (χ3v) is 3.85. The summed E-state index contributed by atoms with van der Waals surface area (Å²) in [5, 5.41) is 8.61. The van der Waals surface area contributed by atoms with Gasteiger partial charge in [-0.05, 0) is 37.0 Å². The molecule has 3 rings (SSSR count). The number of nitrogens with one attached hydrogen (secondary N) is 1. The van der Waals surface area contributed by atoms with Gasteiger partial charge >= 0.3 is 0 Å². The molecule has 90 valence electrons. The molecule has 0 bridgehead atoms. The Labute approximate surface area is 106 Å². The smallest absolute Gasteiger partial charge is 0.285 e. The van der Waals surface area contributed by atoms with Crippen LogP contribution in [0.2, 0.25) is 5.02 Å². The first-order valence-corrected chi connectivity index (χ1v) is 6.41. The SMILES string of the molecule is N=C1OC(c2ccc(Cl)cc2)C2CCCCN12. The number of hydrogen-bond donors (Lipinski definition) is 1. The van der Waals surface area contributed by atoms with Crippen LogP contribution in [0.25, 0.3) is 0 Å². The highest BCUT2D eigenvalue weighted by molar-refractivity contribution is 6.30. The van der Waals surface area contributed by atoms with E-state index in [1.807, 2.05) is 24.3 Å². The molecule has 1 N–H and O–H groups in total.